The molecule has 1 saturated heterocycles. The summed E-state index contributed by atoms with van der Waals surface area (Å²) in [5.74, 6) is 1.73. The quantitative estimate of drug-likeness (QED) is 0.549. The Balaban J connectivity index is 1.75. The molecule has 5 nitrogen and oxygen atoms in total. The van der Waals surface area contributed by atoms with Crippen LogP contribution < -0.4 is 9.47 Å². The molecule has 2 aromatic rings. The summed E-state index contributed by atoms with van der Waals surface area (Å²) in [5, 5.41) is 0.753. The van der Waals surface area contributed by atoms with Crippen LogP contribution >= 0.6 is 11.8 Å². The molecule has 1 aliphatic carbocycles. The van der Waals surface area contributed by atoms with E-state index >= 15 is 0 Å². The third-order valence-corrected chi connectivity index (χ3v) is 6.92. The number of aliphatic imine (C=N–C) groups is 1. The van der Waals surface area contributed by atoms with Crippen LogP contribution in [-0.2, 0) is 4.79 Å². The number of para-hydroxylation sites is 2. The Morgan fingerprint density at radius 2 is 1.81 bits per heavy atom. The van der Waals surface area contributed by atoms with Gasteiger partial charge in [0.05, 0.1) is 24.8 Å². The van der Waals surface area contributed by atoms with Crippen molar-refractivity contribution in [3.63, 3.8) is 0 Å². The molecule has 0 radical (unpaired) electrons. The lowest BCUT2D eigenvalue weighted by molar-refractivity contribution is -0.124. The second kappa shape index (κ2) is 9.60. The zero-order valence-corrected chi connectivity index (χ0v) is 19.0. The van der Waals surface area contributed by atoms with Crippen molar-refractivity contribution in [2.24, 2.45) is 10.9 Å². The van der Waals surface area contributed by atoms with E-state index in [1.807, 2.05) is 59.5 Å². The highest BCUT2D eigenvalue weighted by Gasteiger charge is 2.41. The van der Waals surface area contributed by atoms with Gasteiger partial charge in [0.15, 0.2) is 16.7 Å². The van der Waals surface area contributed by atoms with Crippen molar-refractivity contribution in [3.8, 4) is 11.5 Å². The van der Waals surface area contributed by atoms with Crippen molar-refractivity contribution in [1.82, 2.24) is 4.90 Å². The fourth-order valence-electron chi connectivity index (χ4n) is 4.32. The maximum Gasteiger partial charge on any atom is 0.267 e. The first-order chi connectivity index (χ1) is 15.1. The molecule has 2 atom stereocenters. The predicted molar refractivity (Wildman–Crippen MR) is 127 cm³/mol. The van der Waals surface area contributed by atoms with Gasteiger partial charge in [-0.2, -0.15) is 0 Å². The summed E-state index contributed by atoms with van der Waals surface area (Å²) < 4.78 is 11.0. The van der Waals surface area contributed by atoms with Crippen LogP contribution in [0.4, 0.5) is 5.69 Å². The molecular weight excluding hydrogens is 408 g/mol. The first kappa shape index (κ1) is 21.5. The normalized spacial score (nSPS) is 24.1. The van der Waals surface area contributed by atoms with E-state index in [-0.39, 0.29) is 11.9 Å². The summed E-state index contributed by atoms with van der Waals surface area (Å²) in [6.07, 6.45) is 6.41. The molecule has 1 aliphatic heterocycles. The summed E-state index contributed by atoms with van der Waals surface area (Å²) in [6, 6.07) is 15.7. The van der Waals surface area contributed by atoms with Gasteiger partial charge in [0.1, 0.15) is 0 Å². The Bertz CT molecular complexity index is 1000. The van der Waals surface area contributed by atoms with Gasteiger partial charge in [-0.15, -0.1) is 0 Å². The molecule has 1 amide bonds. The highest BCUT2D eigenvalue weighted by Crippen LogP contribution is 2.41. The third-order valence-electron chi connectivity index (χ3n) is 5.94. The Morgan fingerprint density at radius 1 is 1.03 bits per heavy atom. The number of thioether (sulfide) groups is 1. The Hall–Kier alpha value is -2.73. The van der Waals surface area contributed by atoms with E-state index in [2.05, 4.69) is 6.92 Å². The number of nitrogens with zero attached hydrogens (tertiary/aromatic N) is 2. The van der Waals surface area contributed by atoms with Crippen LogP contribution in [0, 0.1) is 5.92 Å². The molecule has 0 spiro atoms. The van der Waals surface area contributed by atoms with Gasteiger partial charge in [0.2, 0.25) is 0 Å². The number of ether oxygens (including phenoxy) is 2. The SMILES string of the molecule is COc1cccc(/C=C2\SC(=Nc3ccccc3)N([C@@H]3CCCC[C@@H]3C)C2=O)c1OC. The molecule has 1 saturated carbocycles. The van der Waals surface area contributed by atoms with Crippen molar-refractivity contribution < 1.29 is 14.3 Å². The minimum absolute atomic E-state index is 0.0169. The number of rotatable bonds is 5. The van der Waals surface area contributed by atoms with Gasteiger partial charge < -0.3 is 9.47 Å². The summed E-state index contributed by atoms with van der Waals surface area (Å²) in [4.78, 5) is 21.0. The Kier molecular flexibility index (Phi) is 6.66. The number of carbonyl (C=O) groups is 1. The molecule has 2 aliphatic rings. The second-order valence-electron chi connectivity index (χ2n) is 7.93. The smallest absolute Gasteiger partial charge is 0.267 e. The number of carbonyl (C=O) groups excluding carboxylic acids is 1. The van der Waals surface area contributed by atoms with Gasteiger partial charge >= 0.3 is 0 Å². The maximum absolute atomic E-state index is 13.6. The zero-order chi connectivity index (χ0) is 21.8. The van der Waals surface area contributed by atoms with E-state index in [1.165, 1.54) is 18.2 Å². The first-order valence-electron chi connectivity index (χ1n) is 10.7. The first-order valence-corrected chi connectivity index (χ1v) is 11.5. The van der Waals surface area contributed by atoms with Crippen molar-refractivity contribution in [2.45, 2.75) is 38.6 Å². The van der Waals surface area contributed by atoms with Crippen molar-refractivity contribution in [2.75, 3.05) is 14.2 Å². The van der Waals surface area contributed by atoms with Crippen molar-refractivity contribution >= 4 is 34.6 Å². The molecule has 0 unspecified atom stereocenters. The number of methoxy groups -OCH3 is 2. The molecule has 31 heavy (non-hydrogen) atoms. The molecule has 2 aromatic carbocycles. The average Bonchev–Trinajstić information content (AvgIpc) is 3.09. The predicted octanol–water partition coefficient (Wildman–Crippen LogP) is 5.89. The number of hydrogen-bond acceptors (Lipinski definition) is 5. The van der Waals surface area contributed by atoms with Crippen LogP contribution in [0.2, 0.25) is 0 Å². The lowest BCUT2D eigenvalue weighted by Gasteiger charge is -2.35. The molecule has 162 valence electrons. The zero-order valence-electron chi connectivity index (χ0n) is 18.2. The molecule has 0 N–H and O–H groups in total. The fourth-order valence-corrected chi connectivity index (χ4v) is 5.35. The Labute approximate surface area is 188 Å². The number of benzene rings is 2. The fraction of sp³-hybridized carbons (Fsp3) is 0.360. The summed E-state index contributed by atoms with van der Waals surface area (Å²) in [7, 11) is 3.23. The number of hydrogen-bond donors (Lipinski definition) is 0. The minimum Gasteiger partial charge on any atom is -0.493 e. The van der Waals surface area contributed by atoms with Crippen LogP contribution in [0.3, 0.4) is 0 Å². The minimum atomic E-state index is 0.0169. The van der Waals surface area contributed by atoms with Crippen molar-refractivity contribution in [3.05, 3.63) is 59.0 Å². The van der Waals surface area contributed by atoms with Gasteiger partial charge in [-0.1, -0.05) is 50.1 Å². The molecule has 0 aromatic heterocycles. The maximum atomic E-state index is 13.6. The summed E-state index contributed by atoms with van der Waals surface area (Å²) in [6.45, 7) is 2.24. The highest BCUT2D eigenvalue weighted by atomic mass is 32.2. The lowest BCUT2D eigenvalue weighted by Crippen LogP contribution is -2.44. The van der Waals surface area contributed by atoms with E-state index in [0.717, 1.165) is 35.7 Å². The lowest BCUT2D eigenvalue weighted by atomic mass is 9.85. The molecule has 6 heteroatoms. The van der Waals surface area contributed by atoms with Crippen LogP contribution in [0.25, 0.3) is 6.08 Å². The van der Waals surface area contributed by atoms with Crippen LogP contribution in [-0.4, -0.2) is 36.2 Å². The topological polar surface area (TPSA) is 51.1 Å². The second-order valence-corrected chi connectivity index (χ2v) is 8.94. The molecular formula is C25H28N2O3S. The number of amides is 1. The Morgan fingerprint density at radius 3 is 2.52 bits per heavy atom. The summed E-state index contributed by atoms with van der Waals surface area (Å²) in [5.41, 5.74) is 1.67. The average molecular weight is 437 g/mol. The van der Waals surface area contributed by atoms with Crippen molar-refractivity contribution in [1.29, 1.82) is 0 Å². The third kappa shape index (κ3) is 4.49. The molecule has 0 bridgehead atoms. The van der Waals surface area contributed by atoms with E-state index in [9.17, 15) is 4.79 Å². The van der Waals surface area contributed by atoms with Gasteiger partial charge in [0, 0.05) is 11.6 Å². The van der Waals surface area contributed by atoms with E-state index < -0.39 is 0 Å². The molecule has 1 heterocycles. The molecule has 4 rings (SSSR count). The van der Waals surface area contributed by atoms with Gasteiger partial charge in [-0.3, -0.25) is 9.69 Å². The van der Waals surface area contributed by atoms with E-state index in [0.29, 0.717) is 22.3 Å². The van der Waals surface area contributed by atoms with Gasteiger partial charge in [0.25, 0.3) is 5.91 Å². The van der Waals surface area contributed by atoms with E-state index in [4.69, 9.17) is 14.5 Å². The molecule has 2 fully saturated rings. The monoisotopic (exact) mass is 436 g/mol. The highest BCUT2D eigenvalue weighted by molar-refractivity contribution is 8.18. The van der Waals surface area contributed by atoms with Crippen LogP contribution in [0.1, 0.15) is 38.2 Å². The number of amidine groups is 1. The summed E-state index contributed by atoms with van der Waals surface area (Å²) >= 11 is 1.44. The largest absolute Gasteiger partial charge is 0.493 e. The van der Waals surface area contributed by atoms with Gasteiger partial charge in [-0.05, 0) is 54.8 Å². The van der Waals surface area contributed by atoms with Gasteiger partial charge in [-0.25, -0.2) is 4.99 Å². The van der Waals surface area contributed by atoms with Crippen LogP contribution in [0.5, 0.6) is 11.5 Å². The van der Waals surface area contributed by atoms with Crippen LogP contribution in [0.15, 0.2) is 58.4 Å². The van der Waals surface area contributed by atoms with E-state index in [1.54, 1.807) is 14.2 Å². The standard InChI is InChI=1S/C25H28N2O3S/c1-17-10-7-8-14-20(17)27-24(28)22(31-25(27)26-19-12-5-4-6-13-19)16-18-11-9-15-21(29-2)23(18)30-3/h4-6,9,11-13,15-17,20H,7-8,10,14H2,1-3H3/b22-16-,26-25?/t17-,20+/m0/s1.